The highest BCUT2D eigenvalue weighted by Gasteiger charge is 2.08. The first-order valence-electron chi connectivity index (χ1n) is 9.14. The molecule has 3 aromatic rings. The van der Waals surface area contributed by atoms with Crippen LogP contribution in [0.15, 0.2) is 66.7 Å². The average Bonchev–Trinajstić information content (AvgIpc) is 2.64. The molecule has 0 aliphatic heterocycles. The smallest absolute Gasteiger partial charge is 0.134 e. The lowest BCUT2D eigenvalue weighted by Crippen LogP contribution is -1.92. The lowest BCUT2D eigenvalue weighted by molar-refractivity contribution is 0.621. The van der Waals surface area contributed by atoms with Gasteiger partial charge in [0.25, 0.3) is 0 Å². The predicted octanol–water partition coefficient (Wildman–Crippen LogP) is 7.11. The van der Waals surface area contributed by atoms with Crippen LogP contribution in [0, 0.1) is 5.82 Å². The molecule has 0 unspecified atom stereocenters. The van der Waals surface area contributed by atoms with Gasteiger partial charge in [-0.25, -0.2) is 4.39 Å². The Kier molecular flexibility index (Phi) is 5.65. The molecule has 0 spiro atoms. The molecule has 3 rings (SSSR count). The summed E-state index contributed by atoms with van der Waals surface area (Å²) in [5, 5.41) is 1.67. The summed E-state index contributed by atoms with van der Waals surface area (Å²) in [5.74, 6) is -0.0770. The van der Waals surface area contributed by atoms with Crippen LogP contribution in [0.4, 0.5) is 4.39 Å². The first-order valence-corrected chi connectivity index (χ1v) is 9.14. The van der Waals surface area contributed by atoms with E-state index in [-0.39, 0.29) is 5.82 Å². The zero-order chi connectivity index (χ0) is 17.6. The van der Waals surface area contributed by atoms with E-state index >= 15 is 0 Å². The van der Waals surface area contributed by atoms with E-state index in [9.17, 15) is 4.39 Å². The number of allylic oxidation sites excluding steroid dienone is 2. The maximum atomic E-state index is 14.7. The second-order valence-electron chi connectivity index (χ2n) is 6.53. The summed E-state index contributed by atoms with van der Waals surface area (Å²) in [7, 11) is 0. The minimum atomic E-state index is -0.0770. The Morgan fingerprint density at radius 3 is 2.36 bits per heavy atom. The van der Waals surface area contributed by atoms with Crippen molar-refractivity contribution in [1.29, 1.82) is 0 Å². The lowest BCUT2D eigenvalue weighted by Gasteiger charge is -2.09. The third-order valence-electron chi connectivity index (χ3n) is 4.68. The quantitative estimate of drug-likeness (QED) is 0.422. The van der Waals surface area contributed by atoms with Crippen LogP contribution >= 0.6 is 0 Å². The third kappa shape index (κ3) is 3.99. The zero-order valence-corrected chi connectivity index (χ0v) is 15.1. The van der Waals surface area contributed by atoms with Crippen LogP contribution in [0.25, 0.3) is 21.9 Å². The molecule has 0 aliphatic carbocycles. The molecule has 128 valence electrons. The van der Waals surface area contributed by atoms with Gasteiger partial charge < -0.3 is 0 Å². The largest absolute Gasteiger partial charge is 0.206 e. The molecule has 0 bridgehead atoms. The molecule has 0 aliphatic rings. The van der Waals surface area contributed by atoms with Gasteiger partial charge in [0, 0.05) is 5.39 Å². The highest BCUT2D eigenvalue weighted by Crippen LogP contribution is 2.28. The number of rotatable bonds is 6. The second kappa shape index (κ2) is 8.11. The Labute approximate surface area is 150 Å². The highest BCUT2D eigenvalue weighted by molar-refractivity contribution is 5.88. The van der Waals surface area contributed by atoms with E-state index in [1.54, 1.807) is 0 Å². The first kappa shape index (κ1) is 17.4. The van der Waals surface area contributed by atoms with E-state index in [0.717, 1.165) is 42.2 Å². The van der Waals surface area contributed by atoms with Crippen LogP contribution in [-0.4, -0.2) is 0 Å². The summed E-state index contributed by atoms with van der Waals surface area (Å²) in [6, 6.07) is 18.7. The van der Waals surface area contributed by atoms with Crippen LogP contribution in [-0.2, 0) is 12.8 Å². The zero-order valence-electron chi connectivity index (χ0n) is 15.1. The molecule has 1 heteroatoms. The Morgan fingerprint density at radius 1 is 0.880 bits per heavy atom. The molecule has 0 nitrogen and oxygen atoms in total. The van der Waals surface area contributed by atoms with Crippen molar-refractivity contribution in [3.05, 3.63) is 83.7 Å². The number of halogens is 1. The van der Waals surface area contributed by atoms with E-state index in [1.807, 2.05) is 37.3 Å². The predicted molar refractivity (Wildman–Crippen MR) is 106 cm³/mol. The fourth-order valence-electron chi connectivity index (χ4n) is 3.27. The monoisotopic (exact) mass is 332 g/mol. The van der Waals surface area contributed by atoms with Crippen LogP contribution in [0.5, 0.6) is 0 Å². The van der Waals surface area contributed by atoms with Gasteiger partial charge >= 0.3 is 0 Å². The molecule has 0 fully saturated rings. The molecule has 0 radical (unpaired) electrons. The summed E-state index contributed by atoms with van der Waals surface area (Å²) in [4.78, 5) is 0. The topological polar surface area (TPSA) is 0 Å². The molecule has 25 heavy (non-hydrogen) atoms. The molecular weight excluding hydrogens is 307 g/mol. The average molecular weight is 332 g/mol. The molecule has 0 saturated carbocycles. The van der Waals surface area contributed by atoms with Crippen molar-refractivity contribution in [2.24, 2.45) is 0 Å². The summed E-state index contributed by atoms with van der Waals surface area (Å²) < 4.78 is 14.7. The van der Waals surface area contributed by atoms with Gasteiger partial charge in [0.1, 0.15) is 5.82 Å². The van der Waals surface area contributed by atoms with Gasteiger partial charge in [0.05, 0.1) is 0 Å². The highest BCUT2D eigenvalue weighted by atomic mass is 19.1. The fourth-order valence-corrected chi connectivity index (χ4v) is 3.27. The van der Waals surface area contributed by atoms with Gasteiger partial charge in [-0.05, 0) is 59.9 Å². The van der Waals surface area contributed by atoms with Gasteiger partial charge in [-0.3, -0.25) is 0 Å². The molecule has 0 aromatic heterocycles. The molecule has 0 atom stereocenters. The van der Waals surface area contributed by atoms with E-state index in [4.69, 9.17) is 0 Å². The van der Waals surface area contributed by atoms with Gasteiger partial charge in [-0.15, -0.1) is 0 Å². The second-order valence-corrected chi connectivity index (χ2v) is 6.53. The van der Waals surface area contributed by atoms with Crippen molar-refractivity contribution in [3.63, 3.8) is 0 Å². The van der Waals surface area contributed by atoms with Crippen LogP contribution in [0.2, 0.25) is 0 Å². The molecule has 0 saturated heterocycles. The number of benzene rings is 3. The minimum absolute atomic E-state index is 0.0770. The van der Waals surface area contributed by atoms with Gasteiger partial charge in [-0.2, -0.15) is 0 Å². The maximum absolute atomic E-state index is 14.7. The molecule has 3 aromatic carbocycles. The van der Waals surface area contributed by atoms with E-state index < -0.39 is 0 Å². The van der Waals surface area contributed by atoms with Crippen molar-refractivity contribution in [3.8, 4) is 11.1 Å². The number of fused-ring (bicyclic) bond motifs is 1. The van der Waals surface area contributed by atoms with Crippen molar-refractivity contribution in [2.45, 2.75) is 39.5 Å². The molecule has 0 heterocycles. The van der Waals surface area contributed by atoms with E-state index in [2.05, 4.69) is 43.3 Å². The van der Waals surface area contributed by atoms with Crippen LogP contribution in [0.3, 0.4) is 0 Å². The van der Waals surface area contributed by atoms with Gasteiger partial charge in [-0.1, -0.05) is 74.0 Å². The van der Waals surface area contributed by atoms with Crippen molar-refractivity contribution < 1.29 is 4.39 Å². The number of aryl methyl sites for hydroxylation is 2. The number of hydrogen-bond acceptors (Lipinski definition) is 0. The lowest BCUT2D eigenvalue weighted by atomic mass is 9.97. The normalized spacial score (nSPS) is 11.5. The fraction of sp³-hybridized carbons (Fsp3) is 0.250. The van der Waals surface area contributed by atoms with Crippen molar-refractivity contribution >= 4 is 10.8 Å². The summed E-state index contributed by atoms with van der Waals surface area (Å²) >= 11 is 0. The Morgan fingerprint density at radius 2 is 1.64 bits per heavy atom. The number of hydrogen-bond donors (Lipinski definition) is 0. The van der Waals surface area contributed by atoms with Gasteiger partial charge in [0.2, 0.25) is 0 Å². The van der Waals surface area contributed by atoms with E-state index in [1.165, 1.54) is 11.1 Å². The summed E-state index contributed by atoms with van der Waals surface area (Å²) in [5.41, 5.74) is 4.47. The van der Waals surface area contributed by atoms with Crippen LogP contribution in [0.1, 0.15) is 37.8 Å². The van der Waals surface area contributed by atoms with Crippen molar-refractivity contribution in [2.75, 3.05) is 0 Å². The van der Waals surface area contributed by atoms with E-state index in [0.29, 0.717) is 5.39 Å². The maximum Gasteiger partial charge on any atom is 0.134 e. The third-order valence-corrected chi connectivity index (χ3v) is 4.68. The van der Waals surface area contributed by atoms with Crippen molar-refractivity contribution in [1.82, 2.24) is 0 Å². The Balaban J connectivity index is 1.91. The van der Waals surface area contributed by atoms with Gasteiger partial charge in [0.15, 0.2) is 0 Å². The van der Waals surface area contributed by atoms with Crippen LogP contribution < -0.4 is 0 Å². The standard InChI is InChI=1S/C24H25F/c1-3-5-6-8-20-13-14-22-17-21(15-16-23(22)24(20)25)19-11-9-18(7-4-2)10-12-19/h3,5,9-17H,4,6-8H2,1-2H3/b5-3+. The Bertz CT molecular complexity index is 872. The molecule has 0 amide bonds. The first-order chi connectivity index (χ1) is 12.2. The summed E-state index contributed by atoms with van der Waals surface area (Å²) in [6.07, 6.45) is 7.98. The summed E-state index contributed by atoms with van der Waals surface area (Å²) in [6.45, 7) is 4.19. The molecule has 0 N–H and O–H groups in total. The molecular formula is C24H25F. The Hall–Kier alpha value is -2.41. The SMILES string of the molecule is C/C=C/CCc1ccc2cc(-c3ccc(CCC)cc3)ccc2c1F. The minimum Gasteiger partial charge on any atom is -0.206 e.